The van der Waals surface area contributed by atoms with Crippen LogP contribution in [0.1, 0.15) is 36.1 Å². The summed E-state index contributed by atoms with van der Waals surface area (Å²) in [7, 11) is 0. The third-order valence-corrected chi connectivity index (χ3v) is 5.91. The molecule has 0 saturated heterocycles. The topological polar surface area (TPSA) is 84.9 Å². The summed E-state index contributed by atoms with van der Waals surface area (Å²) in [5.41, 5.74) is 4.26. The van der Waals surface area contributed by atoms with E-state index < -0.39 is 17.7 Å². The Hall–Kier alpha value is -4.39. The molecule has 2 amide bonds. The van der Waals surface area contributed by atoms with Crippen molar-refractivity contribution in [2.24, 2.45) is 0 Å². The number of nitrogens with one attached hydrogen (secondary N) is 1. The highest BCUT2D eigenvalue weighted by molar-refractivity contribution is 6.10. The number of Topliss-reactive ketones (excluding diaryl/α,β-unsaturated/α-hetero) is 1. The van der Waals surface area contributed by atoms with Crippen LogP contribution in [-0.2, 0) is 33.0 Å². The van der Waals surface area contributed by atoms with E-state index in [9.17, 15) is 14.4 Å². The Morgan fingerprint density at radius 3 is 2.00 bits per heavy atom. The zero-order valence-corrected chi connectivity index (χ0v) is 19.6. The van der Waals surface area contributed by atoms with Crippen LogP contribution >= 0.6 is 0 Å². The van der Waals surface area contributed by atoms with Crippen molar-refractivity contribution in [3.05, 3.63) is 113 Å². The third-order valence-electron chi connectivity index (χ3n) is 5.91. The molecule has 0 saturated carbocycles. The first-order chi connectivity index (χ1) is 16.9. The monoisotopic (exact) mass is 470 g/mol. The predicted octanol–water partition coefficient (Wildman–Crippen LogP) is 5.37. The number of hydrogen-bond donors (Lipinski definition) is 1. The maximum absolute atomic E-state index is 13.5. The molecule has 3 aromatic rings. The molecule has 0 aromatic heterocycles. The zero-order valence-electron chi connectivity index (χ0n) is 19.6. The Labute approximate surface area is 203 Å². The third kappa shape index (κ3) is 5.09. The summed E-state index contributed by atoms with van der Waals surface area (Å²) < 4.78 is 10.8. The maximum Gasteiger partial charge on any atom is 0.430 e. The normalized spacial score (nSPS) is 16.5. The molecular formula is C28H26N2O5. The summed E-state index contributed by atoms with van der Waals surface area (Å²) in [4.78, 5) is 39.6. The summed E-state index contributed by atoms with van der Waals surface area (Å²) in [6.07, 6.45) is -0.00392. The summed E-state index contributed by atoms with van der Waals surface area (Å²) in [5, 5.41) is 0.931. The number of nitrogens with zero attached hydrogens (tertiary/aromatic N) is 1. The number of hydrazine groups is 1. The molecule has 0 bridgehead atoms. The van der Waals surface area contributed by atoms with Gasteiger partial charge in [0.15, 0.2) is 11.3 Å². The van der Waals surface area contributed by atoms with Gasteiger partial charge in [0.05, 0.1) is 0 Å². The lowest BCUT2D eigenvalue weighted by molar-refractivity contribution is -0.128. The fraction of sp³-hybridized carbons (Fsp3) is 0.179. The molecular weight excluding hydrogens is 444 g/mol. The molecule has 178 valence electrons. The van der Waals surface area contributed by atoms with Gasteiger partial charge in [-0.15, -0.1) is 0 Å². The van der Waals surface area contributed by atoms with Gasteiger partial charge in [-0.3, -0.25) is 4.79 Å². The van der Waals surface area contributed by atoms with Crippen molar-refractivity contribution in [1.82, 2.24) is 10.4 Å². The minimum atomic E-state index is -1.55. The quantitative estimate of drug-likeness (QED) is 0.507. The average molecular weight is 471 g/mol. The number of ether oxygens (including phenoxy) is 2. The molecule has 1 unspecified atom stereocenters. The van der Waals surface area contributed by atoms with Crippen LogP contribution in [0, 0.1) is 0 Å². The molecule has 0 spiro atoms. The number of ketones is 1. The maximum atomic E-state index is 13.5. The van der Waals surface area contributed by atoms with E-state index in [-0.39, 0.29) is 19.0 Å². The smallest absolute Gasteiger partial charge is 0.430 e. The largest absolute Gasteiger partial charge is 0.443 e. The van der Waals surface area contributed by atoms with Gasteiger partial charge in [-0.2, -0.15) is 5.01 Å². The Kier molecular flexibility index (Phi) is 6.96. The standard InChI is InChI=1S/C28H26N2O5/c1-20-17-23-15-9-10-16-24(23)28(2,25(20)31)30(27(33)35-19-22-13-7-4-8-14-22)29-26(32)34-18-21-11-5-3-6-12-21/h3-17H,18-19H2,1-2H3,(H,29,32). The number of fused-ring (bicyclic) bond motifs is 1. The van der Waals surface area contributed by atoms with Gasteiger partial charge in [0.2, 0.25) is 0 Å². The summed E-state index contributed by atoms with van der Waals surface area (Å²) in [6.45, 7) is 3.24. The van der Waals surface area contributed by atoms with Gasteiger partial charge in [-0.1, -0.05) is 84.9 Å². The van der Waals surface area contributed by atoms with Crippen molar-refractivity contribution in [3.63, 3.8) is 0 Å². The molecule has 1 N–H and O–H groups in total. The zero-order chi connectivity index (χ0) is 24.8. The SMILES string of the molecule is CC1=Cc2ccccc2C(C)(N(NC(=O)OCc2ccccc2)C(=O)OCc2ccccc2)C1=O. The van der Waals surface area contributed by atoms with E-state index >= 15 is 0 Å². The van der Waals surface area contributed by atoms with E-state index in [1.54, 1.807) is 32.1 Å². The minimum Gasteiger partial charge on any atom is -0.443 e. The van der Waals surface area contributed by atoms with E-state index in [0.29, 0.717) is 11.1 Å². The van der Waals surface area contributed by atoms with Crippen LogP contribution < -0.4 is 5.43 Å². The Morgan fingerprint density at radius 1 is 0.829 bits per heavy atom. The Bertz CT molecular complexity index is 1260. The van der Waals surface area contributed by atoms with Crippen molar-refractivity contribution >= 4 is 24.0 Å². The second kappa shape index (κ2) is 10.3. The second-order valence-electron chi connectivity index (χ2n) is 8.37. The van der Waals surface area contributed by atoms with Crippen molar-refractivity contribution < 1.29 is 23.9 Å². The molecule has 4 rings (SSSR count). The van der Waals surface area contributed by atoms with Gasteiger partial charge >= 0.3 is 12.2 Å². The number of carbonyl (C=O) groups excluding carboxylic acids is 3. The van der Waals surface area contributed by atoms with E-state index in [2.05, 4.69) is 5.43 Å². The fourth-order valence-corrected chi connectivity index (χ4v) is 4.06. The van der Waals surface area contributed by atoms with Crippen LogP contribution in [0.5, 0.6) is 0 Å². The number of hydrogen-bond acceptors (Lipinski definition) is 5. The molecule has 35 heavy (non-hydrogen) atoms. The molecule has 3 aromatic carbocycles. The van der Waals surface area contributed by atoms with Crippen molar-refractivity contribution in [2.45, 2.75) is 32.6 Å². The lowest BCUT2D eigenvalue weighted by Gasteiger charge is -2.41. The number of benzene rings is 3. The first-order valence-corrected chi connectivity index (χ1v) is 11.2. The lowest BCUT2D eigenvalue weighted by Crippen LogP contribution is -2.61. The molecule has 0 aliphatic heterocycles. The molecule has 1 atom stereocenters. The molecule has 0 heterocycles. The van der Waals surface area contributed by atoms with Crippen molar-refractivity contribution in [1.29, 1.82) is 0 Å². The van der Waals surface area contributed by atoms with Gasteiger partial charge in [0.1, 0.15) is 13.2 Å². The van der Waals surface area contributed by atoms with Crippen LogP contribution in [0.25, 0.3) is 6.08 Å². The summed E-state index contributed by atoms with van der Waals surface area (Å²) >= 11 is 0. The second-order valence-corrected chi connectivity index (χ2v) is 8.37. The van der Waals surface area contributed by atoms with Gasteiger partial charge in [-0.25, -0.2) is 15.0 Å². The first kappa shape index (κ1) is 23.8. The lowest BCUT2D eigenvalue weighted by atomic mass is 9.77. The summed E-state index contributed by atoms with van der Waals surface area (Å²) in [6, 6.07) is 25.5. The van der Waals surface area contributed by atoms with Gasteiger partial charge in [-0.05, 0) is 47.8 Å². The number of rotatable bonds is 5. The van der Waals surface area contributed by atoms with Crippen LogP contribution in [-0.4, -0.2) is 23.0 Å². The molecule has 0 fully saturated rings. The summed E-state index contributed by atoms with van der Waals surface area (Å²) in [5.74, 6) is -0.337. The predicted molar refractivity (Wildman–Crippen MR) is 131 cm³/mol. The Balaban J connectivity index is 1.62. The molecule has 1 aliphatic carbocycles. The highest BCUT2D eigenvalue weighted by Crippen LogP contribution is 2.38. The van der Waals surface area contributed by atoms with E-state index in [4.69, 9.17) is 9.47 Å². The van der Waals surface area contributed by atoms with Gasteiger partial charge in [0.25, 0.3) is 0 Å². The van der Waals surface area contributed by atoms with Crippen LogP contribution in [0.3, 0.4) is 0 Å². The van der Waals surface area contributed by atoms with E-state index in [0.717, 1.165) is 21.7 Å². The van der Waals surface area contributed by atoms with Crippen LogP contribution in [0.4, 0.5) is 9.59 Å². The minimum absolute atomic E-state index is 0.000243. The highest BCUT2D eigenvalue weighted by Gasteiger charge is 2.49. The first-order valence-electron chi connectivity index (χ1n) is 11.2. The van der Waals surface area contributed by atoms with E-state index in [1.807, 2.05) is 72.8 Å². The molecule has 7 heteroatoms. The number of carbonyl (C=O) groups is 3. The number of amides is 2. The molecule has 1 aliphatic rings. The van der Waals surface area contributed by atoms with Crippen molar-refractivity contribution in [2.75, 3.05) is 0 Å². The van der Waals surface area contributed by atoms with Gasteiger partial charge < -0.3 is 9.47 Å². The van der Waals surface area contributed by atoms with E-state index in [1.165, 1.54) is 0 Å². The van der Waals surface area contributed by atoms with Crippen molar-refractivity contribution in [3.8, 4) is 0 Å². The Morgan fingerprint density at radius 2 is 1.37 bits per heavy atom. The van der Waals surface area contributed by atoms with Gasteiger partial charge in [0, 0.05) is 0 Å². The van der Waals surface area contributed by atoms with Crippen LogP contribution in [0.2, 0.25) is 0 Å². The highest BCUT2D eigenvalue weighted by atomic mass is 16.6. The van der Waals surface area contributed by atoms with Crippen LogP contribution in [0.15, 0.2) is 90.5 Å². The average Bonchev–Trinajstić information content (AvgIpc) is 2.89. The fourth-order valence-electron chi connectivity index (χ4n) is 4.06. The molecule has 7 nitrogen and oxygen atoms in total. The molecule has 0 radical (unpaired) electrons.